The number of halogens is 4. The van der Waals surface area contributed by atoms with Crippen LogP contribution in [0.1, 0.15) is 66.8 Å². The van der Waals surface area contributed by atoms with E-state index in [0.29, 0.717) is 23.5 Å². The summed E-state index contributed by atoms with van der Waals surface area (Å²) in [7, 11) is 0. The molecular formula is C42H44B2Cl4. The highest BCUT2D eigenvalue weighted by Gasteiger charge is 2.32. The molecule has 0 aliphatic rings. The van der Waals surface area contributed by atoms with Crippen LogP contribution < -0.4 is 32.8 Å². The molecule has 0 N–H and O–H groups in total. The zero-order chi connectivity index (χ0) is 34.9. The number of rotatable bonds is 10. The van der Waals surface area contributed by atoms with E-state index in [2.05, 4.69) is 128 Å². The number of benzene rings is 5. The molecule has 0 amide bonds. The summed E-state index contributed by atoms with van der Waals surface area (Å²) in [4.78, 5) is 0. The molecule has 0 fully saturated rings. The highest BCUT2D eigenvalue weighted by Crippen LogP contribution is 2.18. The van der Waals surface area contributed by atoms with Crippen molar-refractivity contribution in [2.45, 2.75) is 78.9 Å². The minimum Gasteiger partial charge on any atom is -0.122 e. The Morgan fingerprint density at radius 3 is 0.750 bits per heavy atom. The summed E-state index contributed by atoms with van der Waals surface area (Å²) in [5.74, 6) is 1.77. The fourth-order valence-corrected chi connectivity index (χ4v) is 9.08. The summed E-state index contributed by atoms with van der Waals surface area (Å²) < 4.78 is 0. The van der Waals surface area contributed by atoms with Crippen LogP contribution in [0.4, 0.5) is 0 Å². The molecule has 0 atom stereocenters. The molecule has 5 rings (SSSR count). The summed E-state index contributed by atoms with van der Waals surface area (Å²) in [5.41, 5.74) is 21.9. The SMILES string of the molecule is Cc1cc(C)c(B(c2ccc(B(c3c(C)cc(C)cc3CCl)c3c(C)cc(C)cc3CCl)cc2)c2c(C)cc(C)cc2CCl)c(CCl)c1. The van der Waals surface area contributed by atoms with Crippen molar-refractivity contribution in [3.8, 4) is 0 Å². The number of hydrogen-bond acceptors (Lipinski definition) is 0. The first-order valence-corrected chi connectivity index (χ1v) is 18.8. The van der Waals surface area contributed by atoms with E-state index in [1.54, 1.807) is 0 Å². The van der Waals surface area contributed by atoms with E-state index >= 15 is 0 Å². The van der Waals surface area contributed by atoms with Gasteiger partial charge in [-0.25, -0.2) is 0 Å². The standard InChI is InChI=1S/C42H44B2Cl4/c1-25-13-29(5)39(33(17-25)21-45)43(40-30(6)14-26(2)18-34(40)22-46)37-9-11-38(12-10-37)44(41-31(7)15-27(3)19-35(41)23-47)42-32(8)16-28(4)20-36(42)24-48/h9-20H,21-24H2,1-8H3. The van der Waals surface area contributed by atoms with Crippen molar-refractivity contribution < 1.29 is 0 Å². The molecule has 0 aliphatic carbocycles. The topological polar surface area (TPSA) is 0 Å². The molecule has 0 unspecified atom stereocenters. The summed E-state index contributed by atoms with van der Waals surface area (Å²) >= 11 is 26.8. The Labute approximate surface area is 309 Å². The smallest absolute Gasteiger partial charge is 0.122 e. The Balaban J connectivity index is 1.80. The van der Waals surface area contributed by atoms with Crippen LogP contribution in [-0.2, 0) is 23.5 Å². The minimum absolute atomic E-state index is 0.0276. The summed E-state index contributed by atoms with van der Waals surface area (Å²) in [6.45, 7) is 17.3. The quantitative estimate of drug-likeness (QED) is 0.101. The van der Waals surface area contributed by atoms with Gasteiger partial charge in [-0.05, 0) is 77.6 Å². The van der Waals surface area contributed by atoms with Crippen LogP contribution in [0, 0.1) is 55.4 Å². The molecule has 0 saturated heterocycles. The second kappa shape index (κ2) is 15.5. The van der Waals surface area contributed by atoms with Gasteiger partial charge in [0.05, 0.1) is 0 Å². The van der Waals surface area contributed by atoms with Crippen molar-refractivity contribution in [3.05, 3.63) is 140 Å². The van der Waals surface area contributed by atoms with E-state index in [9.17, 15) is 0 Å². The third-order valence-electron chi connectivity index (χ3n) is 9.80. The second-order valence-corrected chi connectivity index (χ2v) is 14.8. The highest BCUT2D eigenvalue weighted by molar-refractivity contribution is 6.98. The maximum atomic E-state index is 6.70. The Hall–Kier alpha value is -2.61. The average molecular weight is 712 g/mol. The van der Waals surface area contributed by atoms with Gasteiger partial charge in [-0.3, -0.25) is 0 Å². The van der Waals surface area contributed by atoms with Gasteiger partial charge in [0, 0.05) is 23.5 Å². The van der Waals surface area contributed by atoms with Gasteiger partial charge in [-0.2, -0.15) is 0 Å². The molecule has 0 aromatic heterocycles. The molecule has 0 nitrogen and oxygen atoms in total. The largest absolute Gasteiger partial charge is 0.242 e. The van der Waals surface area contributed by atoms with E-state index < -0.39 is 0 Å². The molecule has 6 heteroatoms. The zero-order valence-corrected chi connectivity index (χ0v) is 32.4. The van der Waals surface area contributed by atoms with E-state index in [1.807, 2.05) is 0 Å². The minimum atomic E-state index is -0.0276. The average Bonchev–Trinajstić information content (AvgIpc) is 3.04. The zero-order valence-electron chi connectivity index (χ0n) is 29.4. The fourth-order valence-electron chi connectivity index (χ4n) is 8.20. The molecule has 0 spiro atoms. The second-order valence-electron chi connectivity index (χ2n) is 13.7. The van der Waals surface area contributed by atoms with Gasteiger partial charge in [0.15, 0.2) is 0 Å². The van der Waals surface area contributed by atoms with Gasteiger partial charge < -0.3 is 0 Å². The van der Waals surface area contributed by atoms with Crippen LogP contribution in [0.25, 0.3) is 0 Å². The van der Waals surface area contributed by atoms with Crippen molar-refractivity contribution in [3.63, 3.8) is 0 Å². The normalized spacial score (nSPS) is 11.2. The molecule has 246 valence electrons. The van der Waals surface area contributed by atoms with Crippen molar-refractivity contribution in [2.75, 3.05) is 0 Å². The van der Waals surface area contributed by atoms with Crippen LogP contribution in [0.2, 0.25) is 0 Å². The fraction of sp³-hybridized carbons (Fsp3) is 0.286. The number of alkyl halides is 4. The predicted molar refractivity (Wildman–Crippen MR) is 218 cm³/mol. The molecule has 5 aromatic carbocycles. The van der Waals surface area contributed by atoms with Crippen LogP contribution in [0.3, 0.4) is 0 Å². The van der Waals surface area contributed by atoms with E-state index in [-0.39, 0.29) is 13.4 Å². The van der Waals surface area contributed by atoms with E-state index in [1.165, 1.54) is 77.3 Å². The Morgan fingerprint density at radius 1 is 0.354 bits per heavy atom. The van der Waals surface area contributed by atoms with E-state index in [4.69, 9.17) is 46.4 Å². The summed E-state index contributed by atoms with van der Waals surface area (Å²) in [6.07, 6.45) is 0. The Bertz CT molecular complexity index is 1700. The van der Waals surface area contributed by atoms with Crippen molar-refractivity contribution >= 4 is 92.6 Å². The van der Waals surface area contributed by atoms with Crippen molar-refractivity contribution in [1.82, 2.24) is 0 Å². The number of aryl methyl sites for hydroxylation is 8. The van der Waals surface area contributed by atoms with Gasteiger partial charge in [0.1, 0.15) is 0 Å². The van der Waals surface area contributed by atoms with Crippen LogP contribution in [0.5, 0.6) is 0 Å². The molecule has 5 aromatic rings. The Kier molecular flexibility index (Phi) is 11.9. The van der Waals surface area contributed by atoms with Gasteiger partial charge in [-0.1, -0.05) is 150 Å². The molecule has 0 saturated carbocycles. The lowest BCUT2D eigenvalue weighted by atomic mass is 9.32. The number of hydrogen-bond donors (Lipinski definition) is 0. The maximum absolute atomic E-state index is 6.70. The van der Waals surface area contributed by atoms with Gasteiger partial charge in [0.2, 0.25) is 13.4 Å². The molecule has 48 heavy (non-hydrogen) atoms. The van der Waals surface area contributed by atoms with Gasteiger partial charge in [0.25, 0.3) is 0 Å². The molecule has 0 bridgehead atoms. The van der Waals surface area contributed by atoms with Crippen molar-refractivity contribution in [1.29, 1.82) is 0 Å². The summed E-state index contributed by atoms with van der Waals surface area (Å²) in [6, 6.07) is 27.3. The van der Waals surface area contributed by atoms with Crippen molar-refractivity contribution in [2.24, 2.45) is 0 Å². The van der Waals surface area contributed by atoms with Gasteiger partial charge >= 0.3 is 0 Å². The third-order valence-corrected chi connectivity index (χ3v) is 11.0. The lowest BCUT2D eigenvalue weighted by Gasteiger charge is -2.27. The molecular weight excluding hydrogens is 668 g/mol. The highest BCUT2D eigenvalue weighted by atomic mass is 35.5. The van der Waals surface area contributed by atoms with Crippen LogP contribution in [0.15, 0.2) is 72.8 Å². The lowest BCUT2D eigenvalue weighted by Crippen LogP contribution is -2.58. The molecule has 0 radical (unpaired) electrons. The third kappa shape index (κ3) is 7.29. The van der Waals surface area contributed by atoms with Crippen LogP contribution >= 0.6 is 46.4 Å². The predicted octanol–water partition coefficient (Wildman–Crippen LogP) is 8.14. The molecule has 0 heterocycles. The first kappa shape index (κ1) is 36.7. The van der Waals surface area contributed by atoms with E-state index in [0.717, 1.165) is 22.3 Å². The maximum Gasteiger partial charge on any atom is 0.242 e. The monoisotopic (exact) mass is 710 g/mol. The lowest BCUT2D eigenvalue weighted by molar-refractivity contribution is 1.31. The van der Waals surface area contributed by atoms with Crippen LogP contribution in [-0.4, -0.2) is 13.4 Å². The molecule has 0 aliphatic heterocycles. The van der Waals surface area contributed by atoms with Gasteiger partial charge in [-0.15, -0.1) is 46.4 Å². The Morgan fingerprint density at radius 2 is 0.562 bits per heavy atom. The first-order chi connectivity index (χ1) is 22.9. The first-order valence-electron chi connectivity index (χ1n) is 16.7. The summed E-state index contributed by atoms with van der Waals surface area (Å²) in [5, 5.41) is 0.